The molecule has 2 rings (SSSR count). The van der Waals surface area contributed by atoms with Crippen molar-refractivity contribution in [2.24, 2.45) is 5.73 Å². The lowest BCUT2D eigenvalue weighted by atomic mass is 10.1. The summed E-state index contributed by atoms with van der Waals surface area (Å²) < 4.78 is 6.34. The van der Waals surface area contributed by atoms with E-state index in [2.05, 4.69) is 15.9 Å². The zero-order valence-electron chi connectivity index (χ0n) is 9.11. The van der Waals surface area contributed by atoms with E-state index < -0.39 is 0 Å². The number of hydrogen-bond donors (Lipinski definition) is 1. The lowest BCUT2D eigenvalue weighted by Gasteiger charge is -2.14. The number of nitrogens with two attached hydrogens (primary N) is 1. The van der Waals surface area contributed by atoms with Crippen LogP contribution in [0, 0.1) is 0 Å². The van der Waals surface area contributed by atoms with Gasteiger partial charge in [0.15, 0.2) is 0 Å². The van der Waals surface area contributed by atoms with Crippen molar-refractivity contribution in [3.63, 3.8) is 0 Å². The minimum absolute atomic E-state index is 0.222. The molecule has 0 aliphatic rings. The molecule has 1 aromatic heterocycles. The molecule has 17 heavy (non-hydrogen) atoms. The lowest BCUT2D eigenvalue weighted by molar-refractivity contribution is 0.408. The standard InChI is InChI=1S/C12H11BrClNOS/c1-16-10-3-2-8(14)5-9(10)12(15)11-4-7(13)6-17-11/h2-6,12H,15H2,1H3. The maximum atomic E-state index is 6.23. The molecular weight excluding hydrogens is 322 g/mol. The van der Waals surface area contributed by atoms with Crippen molar-refractivity contribution in [2.45, 2.75) is 6.04 Å². The lowest BCUT2D eigenvalue weighted by Crippen LogP contribution is -2.11. The molecule has 0 bridgehead atoms. The van der Waals surface area contributed by atoms with Crippen LogP contribution in [0.1, 0.15) is 16.5 Å². The normalized spacial score (nSPS) is 12.5. The van der Waals surface area contributed by atoms with E-state index in [9.17, 15) is 0 Å². The van der Waals surface area contributed by atoms with Crippen molar-refractivity contribution in [3.05, 3.63) is 49.6 Å². The molecule has 1 atom stereocenters. The molecule has 1 unspecified atom stereocenters. The van der Waals surface area contributed by atoms with E-state index in [0.717, 1.165) is 20.7 Å². The Morgan fingerprint density at radius 2 is 2.18 bits per heavy atom. The summed E-state index contributed by atoms with van der Waals surface area (Å²) in [5.41, 5.74) is 7.12. The molecule has 2 nitrogen and oxygen atoms in total. The zero-order valence-corrected chi connectivity index (χ0v) is 12.3. The first-order chi connectivity index (χ1) is 8.11. The van der Waals surface area contributed by atoms with Gasteiger partial charge in [0.05, 0.1) is 13.2 Å². The van der Waals surface area contributed by atoms with Crippen LogP contribution in [0.15, 0.2) is 34.1 Å². The fraction of sp³-hybridized carbons (Fsp3) is 0.167. The van der Waals surface area contributed by atoms with Crippen LogP contribution < -0.4 is 10.5 Å². The van der Waals surface area contributed by atoms with Crippen molar-refractivity contribution >= 4 is 38.9 Å². The van der Waals surface area contributed by atoms with Gasteiger partial charge in [0.1, 0.15) is 5.75 Å². The Morgan fingerprint density at radius 3 is 2.76 bits per heavy atom. The third-order valence-electron chi connectivity index (χ3n) is 2.42. The molecule has 1 aromatic carbocycles. The Bertz CT molecular complexity index is 529. The van der Waals surface area contributed by atoms with E-state index >= 15 is 0 Å². The smallest absolute Gasteiger partial charge is 0.124 e. The van der Waals surface area contributed by atoms with E-state index in [1.807, 2.05) is 23.6 Å². The third kappa shape index (κ3) is 2.83. The molecule has 0 saturated carbocycles. The van der Waals surface area contributed by atoms with Gasteiger partial charge in [0.2, 0.25) is 0 Å². The quantitative estimate of drug-likeness (QED) is 0.913. The van der Waals surface area contributed by atoms with Gasteiger partial charge in [-0.3, -0.25) is 0 Å². The Hall–Kier alpha value is -0.550. The van der Waals surface area contributed by atoms with Crippen molar-refractivity contribution in [1.29, 1.82) is 0 Å². The average Bonchev–Trinajstić information content (AvgIpc) is 2.75. The van der Waals surface area contributed by atoms with Crippen LogP contribution in [-0.4, -0.2) is 7.11 Å². The summed E-state index contributed by atoms with van der Waals surface area (Å²) in [5.74, 6) is 0.756. The highest BCUT2D eigenvalue weighted by Crippen LogP contribution is 2.34. The molecule has 2 N–H and O–H groups in total. The zero-order chi connectivity index (χ0) is 12.4. The predicted octanol–water partition coefficient (Wildman–Crippen LogP) is 4.22. The monoisotopic (exact) mass is 331 g/mol. The van der Waals surface area contributed by atoms with Gasteiger partial charge < -0.3 is 10.5 Å². The van der Waals surface area contributed by atoms with E-state index in [4.69, 9.17) is 22.1 Å². The van der Waals surface area contributed by atoms with Gasteiger partial charge in [-0.25, -0.2) is 0 Å². The van der Waals surface area contributed by atoms with Crippen LogP contribution in [-0.2, 0) is 0 Å². The van der Waals surface area contributed by atoms with Crippen LogP contribution in [0.2, 0.25) is 5.02 Å². The summed E-state index contributed by atoms with van der Waals surface area (Å²) in [6, 6.07) is 7.26. The summed E-state index contributed by atoms with van der Waals surface area (Å²) in [4.78, 5) is 1.07. The van der Waals surface area contributed by atoms with E-state index in [1.54, 1.807) is 24.5 Å². The number of benzene rings is 1. The van der Waals surface area contributed by atoms with Gasteiger partial charge in [0, 0.05) is 25.3 Å². The second kappa shape index (κ2) is 5.40. The van der Waals surface area contributed by atoms with Gasteiger partial charge in [-0.05, 0) is 40.2 Å². The highest BCUT2D eigenvalue weighted by Gasteiger charge is 2.16. The van der Waals surface area contributed by atoms with Crippen LogP contribution in [0.3, 0.4) is 0 Å². The number of rotatable bonds is 3. The van der Waals surface area contributed by atoms with Crippen molar-refractivity contribution in [3.8, 4) is 5.75 Å². The molecule has 0 aliphatic carbocycles. The Kier molecular flexibility index (Phi) is 4.09. The van der Waals surface area contributed by atoms with Gasteiger partial charge in [-0.15, -0.1) is 11.3 Å². The fourth-order valence-electron chi connectivity index (χ4n) is 1.59. The van der Waals surface area contributed by atoms with Crippen molar-refractivity contribution < 1.29 is 4.74 Å². The Labute approximate surface area is 117 Å². The second-order valence-corrected chi connectivity index (χ2v) is 5.83. The third-order valence-corrected chi connectivity index (χ3v) is 4.43. The number of hydrogen-bond acceptors (Lipinski definition) is 3. The highest BCUT2D eigenvalue weighted by atomic mass is 79.9. The topological polar surface area (TPSA) is 35.2 Å². The summed E-state index contributed by atoms with van der Waals surface area (Å²) in [7, 11) is 1.63. The summed E-state index contributed by atoms with van der Waals surface area (Å²) in [6.45, 7) is 0. The molecule has 0 radical (unpaired) electrons. The second-order valence-electron chi connectivity index (χ2n) is 3.53. The minimum atomic E-state index is -0.222. The first-order valence-electron chi connectivity index (χ1n) is 4.94. The van der Waals surface area contributed by atoms with Crippen molar-refractivity contribution in [1.82, 2.24) is 0 Å². The van der Waals surface area contributed by atoms with Crippen LogP contribution in [0.25, 0.3) is 0 Å². The molecule has 5 heteroatoms. The van der Waals surface area contributed by atoms with E-state index in [-0.39, 0.29) is 6.04 Å². The van der Waals surface area contributed by atoms with Gasteiger partial charge in [-0.2, -0.15) is 0 Å². The first kappa shape index (κ1) is 12.9. The van der Waals surface area contributed by atoms with Gasteiger partial charge >= 0.3 is 0 Å². The minimum Gasteiger partial charge on any atom is -0.496 e. The molecular formula is C12H11BrClNOS. The predicted molar refractivity (Wildman–Crippen MR) is 76.1 cm³/mol. The summed E-state index contributed by atoms with van der Waals surface area (Å²) in [5, 5.41) is 2.67. The number of methoxy groups -OCH3 is 1. The van der Waals surface area contributed by atoms with Crippen LogP contribution >= 0.6 is 38.9 Å². The van der Waals surface area contributed by atoms with Crippen LogP contribution in [0.4, 0.5) is 0 Å². The molecule has 0 aliphatic heterocycles. The molecule has 1 heterocycles. The van der Waals surface area contributed by atoms with Crippen LogP contribution in [0.5, 0.6) is 5.75 Å². The van der Waals surface area contributed by atoms with Gasteiger partial charge in [0.25, 0.3) is 0 Å². The maximum absolute atomic E-state index is 6.23. The fourth-order valence-corrected chi connectivity index (χ4v) is 3.24. The largest absolute Gasteiger partial charge is 0.496 e. The number of thiophene rings is 1. The highest BCUT2D eigenvalue weighted by molar-refractivity contribution is 9.10. The SMILES string of the molecule is COc1ccc(Cl)cc1C(N)c1cc(Br)cs1. The van der Waals surface area contributed by atoms with Crippen molar-refractivity contribution in [2.75, 3.05) is 7.11 Å². The summed E-state index contributed by atoms with van der Waals surface area (Å²) in [6.07, 6.45) is 0. The Morgan fingerprint density at radius 1 is 1.41 bits per heavy atom. The van der Waals surface area contributed by atoms with E-state index in [0.29, 0.717) is 5.02 Å². The molecule has 0 spiro atoms. The summed E-state index contributed by atoms with van der Waals surface area (Å²) >= 11 is 11.0. The molecule has 2 aromatic rings. The molecule has 0 saturated heterocycles. The number of halogens is 2. The molecule has 90 valence electrons. The first-order valence-corrected chi connectivity index (χ1v) is 7.00. The Balaban J connectivity index is 2.42. The van der Waals surface area contributed by atoms with Gasteiger partial charge in [-0.1, -0.05) is 11.6 Å². The van der Waals surface area contributed by atoms with E-state index in [1.165, 1.54) is 0 Å². The maximum Gasteiger partial charge on any atom is 0.124 e. The average molecular weight is 333 g/mol. The number of ether oxygens (including phenoxy) is 1. The molecule has 0 amide bonds. The molecule has 0 fully saturated rings.